The van der Waals surface area contributed by atoms with Gasteiger partial charge in [-0.25, -0.2) is 0 Å². The quantitative estimate of drug-likeness (QED) is 0.581. The van der Waals surface area contributed by atoms with E-state index in [9.17, 15) is 9.59 Å². The lowest BCUT2D eigenvalue weighted by Crippen LogP contribution is -2.58. The maximum Gasteiger partial charge on any atom is 0.340 e. The zero-order valence-electron chi connectivity index (χ0n) is 14.5. The van der Waals surface area contributed by atoms with Gasteiger partial charge < -0.3 is 5.32 Å². The first-order chi connectivity index (χ1) is 13.4. The highest BCUT2D eigenvalue weighted by molar-refractivity contribution is 9.10. The van der Waals surface area contributed by atoms with E-state index in [0.29, 0.717) is 4.47 Å². The Bertz CT molecular complexity index is 1070. The molecule has 3 aromatic rings. The topological polar surface area (TPSA) is 46.2 Å². The highest BCUT2D eigenvalue weighted by Crippen LogP contribution is 2.49. The minimum atomic E-state index is -3.93. The van der Waals surface area contributed by atoms with E-state index < -0.39 is 23.2 Å². The van der Waals surface area contributed by atoms with Gasteiger partial charge in [-0.2, -0.15) is 8.78 Å². The molecule has 0 bridgehead atoms. The van der Waals surface area contributed by atoms with Crippen LogP contribution in [0.2, 0.25) is 0 Å². The van der Waals surface area contributed by atoms with Gasteiger partial charge in [-0.15, -0.1) is 0 Å². The van der Waals surface area contributed by atoms with E-state index in [2.05, 4.69) is 21.2 Å². The summed E-state index contributed by atoms with van der Waals surface area (Å²) in [4.78, 5) is 25.5. The SMILES string of the molecule is O=C1NC(c2ccccc2)(C(F)(F)C(=O)c2ccc(Br)cc2)c2ccccc21. The Morgan fingerprint density at radius 3 is 2.18 bits per heavy atom. The van der Waals surface area contributed by atoms with E-state index in [0.717, 1.165) is 0 Å². The van der Waals surface area contributed by atoms with Crippen molar-refractivity contribution in [2.24, 2.45) is 0 Å². The second-order valence-electron chi connectivity index (χ2n) is 6.53. The summed E-state index contributed by atoms with van der Waals surface area (Å²) in [6, 6.07) is 19.7. The van der Waals surface area contributed by atoms with Crippen LogP contribution in [0.3, 0.4) is 0 Å². The Kier molecular flexibility index (Phi) is 4.38. The number of nitrogens with one attached hydrogen (secondary N) is 1. The number of benzene rings is 3. The van der Waals surface area contributed by atoms with Crippen molar-refractivity contribution < 1.29 is 18.4 Å². The summed E-state index contributed by atoms with van der Waals surface area (Å²) in [6.45, 7) is 0. The molecule has 1 aliphatic heterocycles. The van der Waals surface area contributed by atoms with Crippen molar-refractivity contribution in [1.29, 1.82) is 0 Å². The smallest absolute Gasteiger partial charge is 0.333 e. The van der Waals surface area contributed by atoms with Crippen LogP contribution < -0.4 is 5.32 Å². The molecular formula is C22H14BrF2NO2. The Hall–Kier alpha value is -2.86. The number of halogens is 3. The first kappa shape index (κ1) is 18.5. The van der Waals surface area contributed by atoms with Crippen molar-refractivity contribution in [2.75, 3.05) is 0 Å². The van der Waals surface area contributed by atoms with Gasteiger partial charge in [0.05, 0.1) is 0 Å². The van der Waals surface area contributed by atoms with Crippen molar-refractivity contribution in [3.05, 3.63) is 106 Å². The minimum absolute atomic E-state index is 0.0849. The summed E-state index contributed by atoms with van der Waals surface area (Å²) >= 11 is 3.23. The summed E-state index contributed by atoms with van der Waals surface area (Å²) in [5.41, 5.74) is -2.06. The fourth-order valence-electron chi connectivity index (χ4n) is 3.61. The molecular weight excluding hydrogens is 428 g/mol. The maximum absolute atomic E-state index is 15.9. The standard InChI is InChI=1S/C22H14BrF2NO2/c23-16-12-10-14(11-13-16)19(27)22(24,25)21(15-6-2-1-3-7-15)18-9-5-4-8-17(18)20(28)26-21/h1-13H,(H,26,28). The van der Waals surface area contributed by atoms with Crippen molar-refractivity contribution in [1.82, 2.24) is 5.32 Å². The number of amides is 1. The highest BCUT2D eigenvalue weighted by atomic mass is 79.9. The largest absolute Gasteiger partial charge is 0.340 e. The Labute approximate surface area is 168 Å². The average Bonchev–Trinajstić information content (AvgIpc) is 3.03. The monoisotopic (exact) mass is 441 g/mol. The molecule has 1 aliphatic rings. The van der Waals surface area contributed by atoms with Crippen LogP contribution in [0.15, 0.2) is 83.3 Å². The lowest BCUT2D eigenvalue weighted by Gasteiger charge is -2.37. The van der Waals surface area contributed by atoms with Crippen LogP contribution in [0.25, 0.3) is 0 Å². The van der Waals surface area contributed by atoms with Crippen LogP contribution in [-0.2, 0) is 5.54 Å². The molecule has 0 aliphatic carbocycles. The number of hydrogen-bond donors (Lipinski definition) is 1. The van der Waals surface area contributed by atoms with Crippen LogP contribution in [0, 0.1) is 0 Å². The van der Waals surface area contributed by atoms with Gasteiger partial charge in [0.1, 0.15) is 0 Å². The lowest BCUT2D eigenvalue weighted by atomic mass is 9.76. The number of hydrogen-bond acceptors (Lipinski definition) is 2. The molecule has 1 amide bonds. The summed E-state index contributed by atoms with van der Waals surface area (Å²) in [5.74, 6) is -5.92. The Balaban J connectivity index is 1.96. The van der Waals surface area contributed by atoms with Crippen molar-refractivity contribution in [3.63, 3.8) is 0 Å². The number of Topliss-reactive ketones (excluding diaryl/α,β-unsaturated/α-hetero) is 1. The summed E-state index contributed by atoms with van der Waals surface area (Å²) in [6.07, 6.45) is 0. The molecule has 1 heterocycles. The normalized spacial score (nSPS) is 18.5. The number of rotatable bonds is 4. The number of ketones is 1. The summed E-state index contributed by atoms with van der Waals surface area (Å²) < 4.78 is 32.5. The molecule has 3 nitrogen and oxygen atoms in total. The lowest BCUT2D eigenvalue weighted by molar-refractivity contribution is -0.0411. The fourth-order valence-corrected chi connectivity index (χ4v) is 3.87. The molecule has 0 aromatic heterocycles. The van der Waals surface area contributed by atoms with E-state index in [1.807, 2.05) is 0 Å². The molecule has 1 N–H and O–H groups in total. The molecule has 6 heteroatoms. The first-order valence-electron chi connectivity index (χ1n) is 8.53. The molecule has 28 heavy (non-hydrogen) atoms. The van der Waals surface area contributed by atoms with Gasteiger partial charge in [0.15, 0.2) is 5.54 Å². The third-order valence-electron chi connectivity index (χ3n) is 4.95. The van der Waals surface area contributed by atoms with Crippen LogP contribution in [-0.4, -0.2) is 17.6 Å². The van der Waals surface area contributed by atoms with E-state index >= 15 is 8.78 Å². The molecule has 1 atom stereocenters. The van der Waals surface area contributed by atoms with Crippen LogP contribution in [0.4, 0.5) is 8.78 Å². The van der Waals surface area contributed by atoms with Gasteiger partial charge in [-0.05, 0) is 23.8 Å². The van der Waals surface area contributed by atoms with Gasteiger partial charge in [0.2, 0.25) is 5.78 Å². The van der Waals surface area contributed by atoms with Crippen molar-refractivity contribution in [2.45, 2.75) is 11.5 Å². The van der Waals surface area contributed by atoms with Crippen LogP contribution in [0.5, 0.6) is 0 Å². The highest BCUT2D eigenvalue weighted by Gasteiger charge is 2.65. The third-order valence-corrected chi connectivity index (χ3v) is 5.47. The molecule has 0 saturated carbocycles. The molecule has 0 saturated heterocycles. The van der Waals surface area contributed by atoms with Crippen molar-refractivity contribution in [3.8, 4) is 0 Å². The van der Waals surface area contributed by atoms with Gasteiger partial charge in [0.25, 0.3) is 5.91 Å². The zero-order chi connectivity index (χ0) is 19.9. The molecule has 4 rings (SSSR count). The van der Waals surface area contributed by atoms with E-state index in [-0.39, 0.29) is 22.3 Å². The van der Waals surface area contributed by atoms with E-state index in [1.54, 1.807) is 30.3 Å². The van der Waals surface area contributed by atoms with Gasteiger partial charge in [-0.3, -0.25) is 9.59 Å². The average molecular weight is 442 g/mol. The number of alkyl halides is 2. The fraction of sp³-hybridized carbons (Fsp3) is 0.0909. The summed E-state index contributed by atoms with van der Waals surface area (Å²) in [7, 11) is 0. The van der Waals surface area contributed by atoms with Crippen molar-refractivity contribution >= 4 is 27.6 Å². The minimum Gasteiger partial charge on any atom is -0.333 e. The zero-order valence-corrected chi connectivity index (χ0v) is 16.0. The second-order valence-corrected chi connectivity index (χ2v) is 7.44. The Morgan fingerprint density at radius 1 is 0.893 bits per heavy atom. The predicted molar refractivity (Wildman–Crippen MR) is 105 cm³/mol. The maximum atomic E-state index is 15.9. The van der Waals surface area contributed by atoms with Gasteiger partial charge in [-0.1, -0.05) is 76.6 Å². The number of carbonyl (C=O) groups excluding carboxylic acids is 2. The van der Waals surface area contributed by atoms with E-state index in [4.69, 9.17) is 0 Å². The predicted octanol–water partition coefficient (Wildman–Crippen LogP) is 4.95. The number of fused-ring (bicyclic) bond motifs is 1. The van der Waals surface area contributed by atoms with Gasteiger partial charge in [0, 0.05) is 21.2 Å². The molecule has 140 valence electrons. The van der Waals surface area contributed by atoms with Crippen LogP contribution in [0.1, 0.15) is 31.8 Å². The van der Waals surface area contributed by atoms with Crippen LogP contribution >= 0.6 is 15.9 Å². The molecule has 0 radical (unpaired) electrons. The molecule has 1 unspecified atom stereocenters. The molecule has 0 spiro atoms. The molecule has 3 aromatic carbocycles. The summed E-state index contributed by atoms with van der Waals surface area (Å²) in [5, 5.41) is 2.43. The Morgan fingerprint density at radius 2 is 1.50 bits per heavy atom. The van der Waals surface area contributed by atoms with Gasteiger partial charge >= 0.3 is 5.92 Å². The van der Waals surface area contributed by atoms with E-state index in [1.165, 1.54) is 48.5 Å². The molecule has 0 fully saturated rings. The third kappa shape index (κ3) is 2.59. The second kappa shape index (κ2) is 6.63. The first-order valence-corrected chi connectivity index (χ1v) is 9.33. The number of carbonyl (C=O) groups is 2.